The molecule has 0 spiro atoms. The molecule has 0 amide bonds. The van der Waals surface area contributed by atoms with Crippen molar-refractivity contribution >= 4 is 28.3 Å². The van der Waals surface area contributed by atoms with E-state index in [1.54, 1.807) is 47.3 Å². The van der Waals surface area contributed by atoms with Crippen molar-refractivity contribution < 1.29 is 9.26 Å². The van der Waals surface area contributed by atoms with E-state index in [0.29, 0.717) is 37.9 Å². The Morgan fingerprint density at radius 1 is 1.30 bits per heavy atom. The summed E-state index contributed by atoms with van der Waals surface area (Å²) in [5.41, 5.74) is 2.07. The molecule has 0 aliphatic carbocycles. The molecule has 1 aromatic carbocycles. The summed E-state index contributed by atoms with van der Waals surface area (Å²) < 4.78 is 6.91. The lowest BCUT2D eigenvalue weighted by molar-refractivity contribution is -0.640. The van der Waals surface area contributed by atoms with Crippen LogP contribution in [0.5, 0.6) is 0 Å². The lowest BCUT2D eigenvalue weighted by Gasteiger charge is -2.02. The topological polar surface area (TPSA) is 70.3 Å². The van der Waals surface area contributed by atoms with E-state index in [2.05, 4.69) is 10.2 Å². The van der Waals surface area contributed by atoms with Crippen LogP contribution in [-0.2, 0) is 0 Å². The zero-order chi connectivity index (χ0) is 13.7. The van der Waals surface area contributed by atoms with Crippen molar-refractivity contribution in [3.63, 3.8) is 0 Å². The third kappa shape index (κ3) is 1.48. The van der Waals surface area contributed by atoms with Crippen LogP contribution in [0, 0.1) is 5.21 Å². The normalized spacial score (nSPS) is 11.4. The summed E-state index contributed by atoms with van der Waals surface area (Å²) in [6, 6.07) is 8.49. The van der Waals surface area contributed by atoms with Gasteiger partial charge >= 0.3 is 0 Å². The van der Waals surface area contributed by atoms with Gasteiger partial charge in [0.15, 0.2) is 0 Å². The van der Waals surface area contributed by atoms with Gasteiger partial charge in [-0.25, -0.2) is 4.52 Å². The van der Waals surface area contributed by atoms with Crippen LogP contribution in [0.3, 0.4) is 0 Å². The SMILES string of the molecule is [O-][n+]1nc2c(-c3ccco3)cnn2c2cc(Cl)ccc21. The molecular weight excluding hydrogens is 280 g/mol. The van der Waals surface area contributed by atoms with E-state index in [0.717, 1.165) is 0 Å². The molecule has 6 nitrogen and oxygen atoms in total. The number of hydrogen-bond acceptors (Lipinski definition) is 4. The van der Waals surface area contributed by atoms with E-state index >= 15 is 0 Å². The standard InChI is InChI=1S/C13H7ClN4O2/c14-8-3-4-10-11(6-8)17-13(16-18(10)19)9(7-15-17)12-2-1-5-20-12/h1-7H. The van der Waals surface area contributed by atoms with Gasteiger partial charge in [0.25, 0.3) is 5.52 Å². The monoisotopic (exact) mass is 286 g/mol. The summed E-state index contributed by atoms with van der Waals surface area (Å²) in [7, 11) is 0. The predicted molar refractivity (Wildman–Crippen MR) is 72.2 cm³/mol. The first kappa shape index (κ1) is 11.2. The molecule has 0 N–H and O–H groups in total. The van der Waals surface area contributed by atoms with Gasteiger partial charge < -0.3 is 9.62 Å². The van der Waals surface area contributed by atoms with Crippen molar-refractivity contribution in [2.75, 3.05) is 0 Å². The molecule has 3 aromatic heterocycles. The molecule has 0 atom stereocenters. The molecule has 20 heavy (non-hydrogen) atoms. The second kappa shape index (κ2) is 3.94. The molecule has 0 bridgehead atoms. The molecule has 0 saturated heterocycles. The van der Waals surface area contributed by atoms with E-state index in [-0.39, 0.29) is 0 Å². The van der Waals surface area contributed by atoms with Gasteiger partial charge in [0.2, 0.25) is 5.65 Å². The van der Waals surface area contributed by atoms with Gasteiger partial charge in [-0.05, 0) is 29.1 Å². The fourth-order valence-corrected chi connectivity index (χ4v) is 2.35. The number of furan rings is 1. The molecule has 0 unspecified atom stereocenters. The van der Waals surface area contributed by atoms with Gasteiger partial charge in [0.1, 0.15) is 11.3 Å². The van der Waals surface area contributed by atoms with E-state index < -0.39 is 0 Å². The van der Waals surface area contributed by atoms with Crippen molar-refractivity contribution in [1.29, 1.82) is 0 Å². The predicted octanol–water partition coefficient (Wildman–Crippen LogP) is 2.43. The number of rotatable bonds is 1. The van der Waals surface area contributed by atoms with E-state index in [9.17, 15) is 5.21 Å². The third-order valence-corrected chi connectivity index (χ3v) is 3.32. The van der Waals surface area contributed by atoms with Crippen LogP contribution in [0.2, 0.25) is 5.02 Å². The molecule has 0 aliphatic rings. The smallest absolute Gasteiger partial charge is 0.270 e. The number of aromatic nitrogens is 4. The van der Waals surface area contributed by atoms with Gasteiger partial charge in [-0.2, -0.15) is 5.10 Å². The lowest BCUT2D eigenvalue weighted by Crippen LogP contribution is -2.33. The Kier molecular flexibility index (Phi) is 2.22. The van der Waals surface area contributed by atoms with Crippen LogP contribution >= 0.6 is 11.6 Å². The Bertz CT molecular complexity index is 931. The van der Waals surface area contributed by atoms with Crippen molar-refractivity contribution in [3.8, 4) is 11.3 Å². The van der Waals surface area contributed by atoms with Crippen LogP contribution in [0.25, 0.3) is 28.0 Å². The zero-order valence-electron chi connectivity index (χ0n) is 10.0. The molecule has 4 aromatic rings. The summed E-state index contributed by atoms with van der Waals surface area (Å²) in [4.78, 5) is 0.565. The van der Waals surface area contributed by atoms with E-state index in [1.165, 1.54) is 0 Å². The maximum atomic E-state index is 12.0. The minimum Gasteiger partial charge on any atom is -0.594 e. The van der Waals surface area contributed by atoms with Crippen LogP contribution in [0.15, 0.2) is 47.2 Å². The number of halogens is 1. The third-order valence-electron chi connectivity index (χ3n) is 3.09. The first-order chi connectivity index (χ1) is 9.74. The highest BCUT2D eigenvalue weighted by Crippen LogP contribution is 2.25. The molecule has 0 aliphatic heterocycles. The summed E-state index contributed by atoms with van der Waals surface area (Å²) in [5, 5.41) is 20.8. The number of hydrogen-bond donors (Lipinski definition) is 0. The summed E-state index contributed by atoms with van der Waals surface area (Å²) in [5.74, 6) is 0.605. The van der Waals surface area contributed by atoms with E-state index in [4.69, 9.17) is 16.0 Å². The maximum absolute atomic E-state index is 12.0. The molecule has 98 valence electrons. The Labute approximate surface area is 117 Å². The molecular formula is C13H7ClN4O2. The Morgan fingerprint density at radius 2 is 2.20 bits per heavy atom. The molecule has 3 heterocycles. The van der Waals surface area contributed by atoms with Gasteiger partial charge in [-0.15, -0.1) is 0 Å². The van der Waals surface area contributed by atoms with Crippen LogP contribution in [0.1, 0.15) is 0 Å². The van der Waals surface area contributed by atoms with Crippen LogP contribution in [-0.4, -0.2) is 14.7 Å². The zero-order valence-corrected chi connectivity index (χ0v) is 10.8. The largest absolute Gasteiger partial charge is 0.594 e. The highest BCUT2D eigenvalue weighted by atomic mass is 35.5. The Morgan fingerprint density at radius 3 is 3.00 bits per heavy atom. The Balaban J connectivity index is 2.15. The number of nitrogens with zero attached hydrogens (tertiary/aromatic N) is 4. The van der Waals surface area contributed by atoms with Gasteiger partial charge in [-0.1, -0.05) is 11.6 Å². The first-order valence-electron chi connectivity index (χ1n) is 5.85. The molecule has 7 heteroatoms. The maximum Gasteiger partial charge on any atom is 0.270 e. The molecule has 0 fully saturated rings. The van der Waals surface area contributed by atoms with Crippen molar-refractivity contribution in [1.82, 2.24) is 14.7 Å². The minimum absolute atomic E-state index is 0.399. The average Bonchev–Trinajstić information content (AvgIpc) is 3.06. The molecule has 4 rings (SSSR count). The first-order valence-corrected chi connectivity index (χ1v) is 6.22. The van der Waals surface area contributed by atoms with Gasteiger partial charge in [0.05, 0.1) is 18.0 Å². The quantitative estimate of drug-likeness (QED) is 0.398. The highest BCUT2D eigenvalue weighted by Gasteiger charge is 2.18. The second-order valence-electron chi connectivity index (χ2n) is 4.28. The van der Waals surface area contributed by atoms with Crippen LogP contribution < -0.4 is 4.85 Å². The van der Waals surface area contributed by atoms with Crippen molar-refractivity contribution in [2.24, 2.45) is 0 Å². The van der Waals surface area contributed by atoms with Crippen molar-refractivity contribution in [3.05, 3.63) is 53.0 Å². The summed E-state index contributed by atoms with van der Waals surface area (Å²) >= 11 is 5.99. The average molecular weight is 287 g/mol. The number of fused-ring (bicyclic) bond motifs is 3. The lowest BCUT2D eigenvalue weighted by atomic mass is 10.2. The summed E-state index contributed by atoms with van der Waals surface area (Å²) in [6.07, 6.45) is 3.17. The van der Waals surface area contributed by atoms with E-state index in [1.807, 2.05) is 0 Å². The van der Waals surface area contributed by atoms with Gasteiger partial charge in [0, 0.05) is 16.2 Å². The fraction of sp³-hybridized carbons (Fsp3) is 0. The minimum atomic E-state index is 0.399. The van der Waals surface area contributed by atoms with Crippen LogP contribution in [0.4, 0.5) is 0 Å². The fourth-order valence-electron chi connectivity index (χ4n) is 2.19. The van der Waals surface area contributed by atoms with Crippen molar-refractivity contribution in [2.45, 2.75) is 0 Å². The molecule has 0 saturated carbocycles. The Hall–Kier alpha value is -2.60. The molecule has 0 radical (unpaired) electrons. The summed E-state index contributed by atoms with van der Waals surface area (Å²) in [6.45, 7) is 0. The highest BCUT2D eigenvalue weighted by molar-refractivity contribution is 6.31. The second-order valence-corrected chi connectivity index (χ2v) is 4.71. The van der Waals surface area contributed by atoms with Gasteiger partial charge in [-0.3, -0.25) is 0 Å². The number of benzene rings is 1.